The largest absolute Gasteiger partial charge is 0.416 e. The van der Waals surface area contributed by atoms with Crippen LogP contribution in [0.3, 0.4) is 0 Å². The molecule has 0 aliphatic heterocycles. The van der Waals surface area contributed by atoms with Gasteiger partial charge < -0.3 is 16.4 Å². The summed E-state index contributed by atoms with van der Waals surface area (Å²) in [6.07, 6.45) is 1.29. The normalized spacial score (nSPS) is 16.0. The SMILES string of the molecule is CC(NC(=O)CC1CCCCC1)C(=O)Nc1cc(CN)cc(C(F)(F)F)c1.Cl. The van der Waals surface area contributed by atoms with Crippen molar-refractivity contribution in [3.63, 3.8) is 0 Å². The molecule has 1 aliphatic carbocycles. The van der Waals surface area contributed by atoms with Crippen LogP contribution in [0.1, 0.15) is 56.6 Å². The highest BCUT2D eigenvalue weighted by molar-refractivity contribution is 5.97. The van der Waals surface area contributed by atoms with E-state index in [4.69, 9.17) is 5.73 Å². The number of carbonyl (C=O) groups excluding carboxylic acids is 2. The molecule has 1 aliphatic rings. The molecule has 4 N–H and O–H groups in total. The van der Waals surface area contributed by atoms with Gasteiger partial charge in [-0.25, -0.2) is 0 Å². The molecule has 0 radical (unpaired) electrons. The average molecular weight is 422 g/mol. The molecular weight excluding hydrogens is 395 g/mol. The van der Waals surface area contributed by atoms with Crippen LogP contribution in [0, 0.1) is 5.92 Å². The summed E-state index contributed by atoms with van der Waals surface area (Å²) in [7, 11) is 0. The highest BCUT2D eigenvalue weighted by atomic mass is 35.5. The number of anilines is 1. The van der Waals surface area contributed by atoms with Crippen LogP contribution in [0.2, 0.25) is 0 Å². The van der Waals surface area contributed by atoms with Crippen molar-refractivity contribution in [3.05, 3.63) is 29.3 Å². The number of halogens is 4. The first-order valence-corrected chi connectivity index (χ1v) is 9.20. The Labute approximate surface area is 169 Å². The van der Waals surface area contributed by atoms with Crippen molar-refractivity contribution in [2.24, 2.45) is 11.7 Å². The predicted molar refractivity (Wildman–Crippen MR) is 104 cm³/mol. The number of amides is 2. The van der Waals surface area contributed by atoms with Crippen LogP contribution in [0.25, 0.3) is 0 Å². The van der Waals surface area contributed by atoms with Crippen LogP contribution >= 0.6 is 12.4 Å². The topological polar surface area (TPSA) is 84.2 Å². The van der Waals surface area contributed by atoms with Crippen LogP contribution in [-0.4, -0.2) is 17.9 Å². The molecule has 5 nitrogen and oxygen atoms in total. The van der Waals surface area contributed by atoms with Crippen molar-refractivity contribution in [3.8, 4) is 0 Å². The second kappa shape index (κ2) is 10.7. The van der Waals surface area contributed by atoms with E-state index in [0.717, 1.165) is 37.8 Å². The summed E-state index contributed by atoms with van der Waals surface area (Å²) in [5.41, 5.74) is 4.82. The third-order valence-corrected chi connectivity index (χ3v) is 4.79. The summed E-state index contributed by atoms with van der Waals surface area (Å²) in [5.74, 6) is -0.449. The first kappa shape index (κ1) is 24.2. The molecule has 9 heteroatoms. The lowest BCUT2D eigenvalue weighted by Gasteiger charge is -2.22. The van der Waals surface area contributed by atoms with Gasteiger partial charge in [-0.2, -0.15) is 13.2 Å². The van der Waals surface area contributed by atoms with E-state index in [1.54, 1.807) is 0 Å². The van der Waals surface area contributed by atoms with Gasteiger partial charge in [-0.05, 0) is 49.4 Å². The Hall–Kier alpha value is -1.80. The third kappa shape index (κ3) is 7.31. The van der Waals surface area contributed by atoms with Gasteiger partial charge in [-0.15, -0.1) is 12.4 Å². The summed E-state index contributed by atoms with van der Waals surface area (Å²) in [4.78, 5) is 24.4. The van der Waals surface area contributed by atoms with E-state index >= 15 is 0 Å². The Morgan fingerprint density at radius 1 is 1.18 bits per heavy atom. The first-order valence-electron chi connectivity index (χ1n) is 9.20. The van der Waals surface area contributed by atoms with Gasteiger partial charge in [-0.3, -0.25) is 9.59 Å². The van der Waals surface area contributed by atoms with Crippen LogP contribution in [0.5, 0.6) is 0 Å². The van der Waals surface area contributed by atoms with Gasteiger partial charge in [0.25, 0.3) is 0 Å². The van der Waals surface area contributed by atoms with Crippen molar-refractivity contribution < 1.29 is 22.8 Å². The lowest BCUT2D eigenvalue weighted by Crippen LogP contribution is -2.42. The van der Waals surface area contributed by atoms with Gasteiger partial charge in [-0.1, -0.05) is 19.3 Å². The highest BCUT2D eigenvalue weighted by Gasteiger charge is 2.31. The molecule has 0 aromatic heterocycles. The summed E-state index contributed by atoms with van der Waals surface area (Å²) in [6, 6.07) is 2.35. The molecule has 0 spiro atoms. The molecule has 158 valence electrons. The molecule has 1 aromatic carbocycles. The molecule has 1 aromatic rings. The van der Waals surface area contributed by atoms with Crippen molar-refractivity contribution in [2.75, 3.05) is 5.32 Å². The summed E-state index contributed by atoms with van der Waals surface area (Å²) in [6.45, 7) is 1.42. The van der Waals surface area contributed by atoms with Gasteiger partial charge in [0.05, 0.1) is 5.56 Å². The second-order valence-electron chi connectivity index (χ2n) is 7.11. The number of carbonyl (C=O) groups is 2. The van der Waals surface area contributed by atoms with Crippen molar-refractivity contribution in [1.29, 1.82) is 0 Å². The van der Waals surface area contributed by atoms with Crippen molar-refractivity contribution in [1.82, 2.24) is 5.32 Å². The standard InChI is InChI=1S/C19H26F3N3O2.ClH/c1-12(24-17(26)9-13-5-3-2-4-6-13)18(27)25-16-8-14(11-23)7-15(10-16)19(20,21)22;/h7-8,10,12-13H,2-6,9,11,23H2,1H3,(H,24,26)(H,25,27);1H. The summed E-state index contributed by atoms with van der Waals surface area (Å²) in [5, 5.41) is 5.05. The van der Waals surface area contributed by atoms with Crippen molar-refractivity contribution >= 4 is 29.9 Å². The molecule has 0 saturated heterocycles. The van der Waals surface area contributed by atoms with Gasteiger partial charge in [0.15, 0.2) is 0 Å². The van der Waals surface area contributed by atoms with Crippen LogP contribution in [0.4, 0.5) is 18.9 Å². The molecule has 28 heavy (non-hydrogen) atoms. The fourth-order valence-corrected chi connectivity index (χ4v) is 3.32. The first-order chi connectivity index (χ1) is 12.7. The van der Waals surface area contributed by atoms with Crippen LogP contribution in [0.15, 0.2) is 18.2 Å². The number of hydrogen-bond acceptors (Lipinski definition) is 3. The van der Waals surface area contributed by atoms with E-state index in [2.05, 4.69) is 10.6 Å². The highest BCUT2D eigenvalue weighted by Crippen LogP contribution is 2.32. The summed E-state index contributed by atoms with van der Waals surface area (Å²) >= 11 is 0. The molecule has 1 saturated carbocycles. The Kier molecular flexibility index (Phi) is 9.23. The van der Waals surface area contributed by atoms with Gasteiger partial charge in [0, 0.05) is 18.7 Å². The average Bonchev–Trinajstić information content (AvgIpc) is 2.61. The van der Waals surface area contributed by atoms with E-state index in [9.17, 15) is 22.8 Å². The maximum atomic E-state index is 13.0. The maximum Gasteiger partial charge on any atom is 0.416 e. The third-order valence-electron chi connectivity index (χ3n) is 4.79. The number of benzene rings is 1. The number of nitrogens with one attached hydrogen (secondary N) is 2. The number of rotatable bonds is 6. The molecule has 1 atom stereocenters. The van der Waals surface area contributed by atoms with E-state index in [1.807, 2.05) is 0 Å². The molecular formula is C19H27ClF3N3O2. The minimum Gasteiger partial charge on any atom is -0.345 e. The number of nitrogens with two attached hydrogens (primary N) is 1. The lowest BCUT2D eigenvalue weighted by molar-refractivity contribution is -0.137. The zero-order valence-electron chi connectivity index (χ0n) is 15.8. The fourth-order valence-electron chi connectivity index (χ4n) is 3.32. The van der Waals surface area contributed by atoms with E-state index in [-0.39, 0.29) is 36.1 Å². The van der Waals surface area contributed by atoms with Gasteiger partial charge in [0.1, 0.15) is 6.04 Å². The Morgan fingerprint density at radius 3 is 2.39 bits per heavy atom. The molecule has 1 unspecified atom stereocenters. The molecule has 0 heterocycles. The van der Waals surface area contributed by atoms with Gasteiger partial charge in [0.2, 0.25) is 11.8 Å². The van der Waals surface area contributed by atoms with E-state index in [0.29, 0.717) is 12.3 Å². The van der Waals surface area contributed by atoms with Crippen molar-refractivity contribution in [2.45, 2.75) is 64.2 Å². The lowest BCUT2D eigenvalue weighted by atomic mass is 9.87. The fraction of sp³-hybridized carbons (Fsp3) is 0.579. The van der Waals surface area contributed by atoms with E-state index in [1.165, 1.54) is 19.4 Å². The van der Waals surface area contributed by atoms with E-state index < -0.39 is 23.7 Å². The molecule has 0 bridgehead atoms. The molecule has 1 fully saturated rings. The van der Waals surface area contributed by atoms with Gasteiger partial charge >= 0.3 is 6.18 Å². The smallest absolute Gasteiger partial charge is 0.345 e. The monoisotopic (exact) mass is 421 g/mol. The van der Waals surface area contributed by atoms with Crippen LogP contribution in [-0.2, 0) is 22.3 Å². The summed E-state index contributed by atoms with van der Waals surface area (Å²) < 4.78 is 38.9. The maximum absolute atomic E-state index is 13.0. The zero-order chi connectivity index (χ0) is 20.0. The minimum absolute atomic E-state index is 0. The second-order valence-corrected chi connectivity index (χ2v) is 7.11. The Morgan fingerprint density at radius 2 is 1.82 bits per heavy atom. The number of alkyl halides is 3. The molecule has 2 rings (SSSR count). The molecule has 2 amide bonds. The quantitative estimate of drug-likeness (QED) is 0.649. The predicted octanol–water partition coefficient (Wildman–Crippen LogP) is 4.00. The van der Waals surface area contributed by atoms with Crippen LogP contribution < -0.4 is 16.4 Å². The Balaban J connectivity index is 0.00000392. The minimum atomic E-state index is -4.54. The zero-order valence-corrected chi connectivity index (χ0v) is 16.6. The number of hydrogen-bond donors (Lipinski definition) is 3. The Bertz CT molecular complexity index is 677.